The van der Waals surface area contributed by atoms with Crippen molar-refractivity contribution in [2.45, 2.75) is 19.8 Å². The summed E-state index contributed by atoms with van der Waals surface area (Å²) in [7, 11) is 0. The Balaban J connectivity index is 2.17. The Hall–Kier alpha value is -1.46. The standard InChI is InChI=1S/C14H12Cl2F2N2O/c1-7(5-8-9(17)3-2-4-10(8)18)6-11-12(15)20-13(16)14(21)19-11/h2-4,7H,5-6H2,1H3,(H,19,21). The SMILES string of the molecule is CC(Cc1[nH]c(=O)c(Cl)nc1Cl)Cc1c(F)cccc1F. The van der Waals surface area contributed by atoms with E-state index in [9.17, 15) is 13.6 Å². The first kappa shape index (κ1) is 15.9. The van der Waals surface area contributed by atoms with E-state index < -0.39 is 17.2 Å². The van der Waals surface area contributed by atoms with Crippen molar-refractivity contribution in [3.63, 3.8) is 0 Å². The number of halogens is 4. The lowest BCUT2D eigenvalue weighted by molar-refractivity contribution is 0.501. The van der Waals surface area contributed by atoms with Gasteiger partial charge in [-0.15, -0.1) is 0 Å². The van der Waals surface area contributed by atoms with E-state index in [1.54, 1.807) is 6.92 Å². The maximum Gasteiger partial charge on any atom is 0.285 e. The van der Waals surface area contributed by atoms with Crippen molar-refractivity contribution < 1.29 is 8.78 Å². The van der Waals surface area contributed by atoms with Gasteiger partial charge in [-0.3, -0.25) is 4.79 Å². The Labute approximate surface area is 129 Å². The summed E-state index contributed by atoms with van der Waals surface area (Å²) >= 11 is 11.5. The van der Waals surface area contributed by atoms with E-state index in [4.69, 9.17) is 23.2 Å². The average Bonchev–Trinajstić information content (AvgIpc) is 2.40. The number of benzene rings is 1. The monoisotopic (exact) mass is 332 g/mol. The molecule has 0 bridgehead atoms. The van der Waals surface area contributed by atoms with Crippen molar-refractivity contribution >= 4 is 23.2 Å². The van der Waals surface area contributed by atoms with Gasteiger partial charge in [-0.25, -0.2) is 13.8 Å². The van der Waals surface area contributed by atoms with Gasteiger partial charge < -0.3 is 4.98 Å². The molecule has 3 nitrogen and oxygen atoms in total. The molecule has 0 aliphatic rings. The molecule has 7 heteroatoms. The Kier molecular flexibility index (Phi) is 4.96. The maximum absolute atomic E-state index is 13.6. The van der Waals surface area contributed by atoms with Crippen LogP contribution in [0.25, 0.3) is 0 Å². The molecule has 112 valence electrons. The molecule has 0 saturated carbocycles. The fourth-order valence-corrected chi connectivity index (χ4v) is 2.46. The summed E-state index contributed by atoms with van der Waals surface area (Å²) < 4.78 is 27.2. The zero-order chi connectivity index (χ0) is 15.6. The lowest BCUT2D eigenvalue weighted by atomic mass is 9.96. The first-order valence-electron chi connectivity index (χ1n) is 6.25. The molecule has 1 atom stereocenters. The van der Waals surface area contributed by atoms with Crippen LogP contribution < -0.4 is 5.56 Å². The Morgan fingerprint density at radius 2 is 1.81 bits per heavy atom. The van der Waals surface area contributed by atoms with Crippen LogP contribution in [0.4, 0.5) is 8.78 Å². The van der Waals surface area contributed by atoms with E-state index >= 15 is 0 Å². The second-order valence-corrected chi connectivity index (χ2v) is 5.56. The number of H-pyrrole nitrogens is 1. The highest BCUT2D eigenvalue weighted by atomic mass is 35.5. The zero-order valence-corrected chi connectivity index (χ0v) is 12.6. The number of nitrogens with one attached hydrogen (secondary N) is 1. The zero-order valence-electron chi connectivity index (χ0n) is 11.1. The van der Waals surface area contributed by atoms with Gasteiger partial charge in [0.15, 0.2) is 5.15 Å². The summed E-state index contributed by atoms with van der Waals surface area (Å²) in [5, 5.41) is -0.156. The Bertz CT molecular complexity index is 698. The van der Waals surface area contributed by atoms with Gasteiger partial charge in [-0.1, -0.05) is 36.2 Å². The van der Waals surface area contributed by atoms with E-state index in [2.05, 4.69) is 9.97 Å². The summed E-state index contributed by atoms with van der Waals surface area (Å²) in [5.74, 6) is -1.32. The van der Waals surface area contributed by atoms with Crippen molar-refractivity contribution in [1.82, 2.24) is 9.97 Å². The van der Waals surface area contributed by atoms with Gasteiger partial charge in [0, 0.05) is 5.56 Å². The van der Waals surface area contributed by atoms with Gasteiger partial charge in [0.25, 0.3) is 5.56 Å². The minimum Gasteiger partial charge on any atom is -0.321 e. The van der Waals surface area contributed by atoms with Crippen LogP contribution in [-0.4, -0.2) is 9.97 Å². The second-order valence-electron chi connectivity index (χ2n) is 4.84. The number of rotatable bonds is 4. The normalized spacial score (nSPS) is 12.4. The van der Waals surface area contributed by atoms with Gasteiger partial charge >= 0.3 is 0 Å². The van der Waals surface area contributed by atoms with Crippen LogP contribution in [-0.2, 0) is 12.8 Å². The lowest BCUT2D eigenvalue weighted by Gasteiger charge is -2.13. The van der Waals surface area contributed by atoms with Gasteiger partial charge in [-0.05, 0) is 30.9 Å². The summed E-state index contributed by atoms with van der Waals surface area (Å²) in [6.07, 6.45) is 0.505. The molecule has 0 fully saturated rings. The van der Waals surface area contributed by atoms with Crippen molar-refractivity contribution in [1.29, 1.82) is 0 Å². The number of hydrogen-bond acceptors (Lipinski definition) is 2. The number of aromatic nitrogens is 2. The highest BCUT2D eigenvalue weighted by Crippen LogP contribution is 2.21. The third-order valence-corrected chi connectivity index (χ3v) is 3.63. The first-order valence-corrected chi connectivity index (χ1v) is 7.01. The Morgan fingerprint density at radius 3 is 2.43 bits per heavy atom. The molecule has 0 saturated heterocycles. The molecule has 1 unspecified atom stereocenters. The quantitative estimate of drug-likeness (QED) is 0.926. The van der Waals surface area contributed by atoms with Crippen molar-refractivity contribution in [3.05, 3.63) is 61.8 Å². The smallest absolute Gasteiger partial charge is 0.285 e. The molecule has 2 rings (SSSR count). The molecule has 0 aliphatic heterocycles. The van der Waals surface area contributed by atoms with Crippen LogP contribution in [0.15, 0.2) is 23.0 Å². The third kappa shape index (κ3) is 3.80. The van der Waals surface area contributed by atoms with Crippen LogP contribution >= 0.6 is 23.2 Å². The summed E-state index contributed by atoms with van der Waals surface area (Å²) in [6.45, 7) is 1.80. The van der Waals surface area contributed by atoms with Gasteiger partial charge in [0.2, 0.25) is 0 Å². The fraction of sp³-hybridized carbons (Fsp3) is 0.286. The van der Waals surface area contributed by atoms with Gasteiger partial charge in [0.1, 0.15) is 16.8 Å². The minimum atomic E-state index is -0.587. The van der Waals surface area contributed by atoms with Crippen molar-refractivity contribution in [3.8, 4) is 0 Å². The summed E-state index contributed by atoms with van der Waals surface area (Å²) in [6, 6.07) is 3.74. The highest BCUT2D eigenvalue weighted by molar-refractivity contribution is 6.32. The van der Waals surface area contributed by atoms with Crippen LogP contribution in [0.2, 0.25) is 10.3 Å². The predicted octanol–water partition coefficient (Wildman–Crippen LogP) is 3.78. The van der Waals surface area contributed by atoms with Crippen molar-refractivity contribution in [2.75, 3.05) is 0 Å². The van der Waals surface area contributed by atoms with Crippen LogP contribution in [0.1, 0.15) is 18.2 Å². The lowest BCUT2D eigenvalue weighted by Crippen LogP contribution is -2.16. The van der Waals surface area contributed by atoms with Crippen molar-refractivity contribution in [2.24, 2.45) is 5.92 Å². The molecule has 0 spiro atoms. The second kappa shape index (κ2) is 6.54. The molecular weight excluding hydrogens is 321 g/mol. The van der Waals surface area contributed by atoms with E-state index in [-0.39, 0.29) is 28.2 Å². The molecule has 0 aliphatic carbocycles. The van der Waals surface area contributed by atoms with E-state index in [0.29, 0.717) is 12.1 Å². The molecule has 1 N–H and O–H groups in total. The van der Waals surface area contributed by atoms with E-state index in [1.807, 2.05) is 0 Å². The topological polar surface area (TPSA) is 45.8 Å². The Morgan fingerprint density at radius 1 is 1.19 bits per heavy atom. The molecule has 1 aromatic carbocycles. The summed E-state index contributed by atoms with van der Waals surface area (Å²) in [4.78, 5) is 17.6. The average molecular weight is 333 g/mol. The minimum absolute atomic E-state index is 0.0189. The number of aromatic amines is 1. The summed E-state index contributed by atoms with van der Waals surface area (Å²) in [5.41, 5.74) is -0.124. The molecule has 0 radical (unpaired) electrons. The van der Waals surface area contributed by atoms with Crippen LogP contribution in [0, 0.1) is 17.6 Å². The maximum atomic E-state index is 13.6. The van der Waals surface area contributed by atoms with E-state index in [1.165, 1.54) is 18.2 Å². The van der Waals surface area contributed by atoms with Crippen LogP contribution in [0.5, 0.6) is 0 Å². The number of hydrogen-bond donors (Lipinski definition) is 1. The van der Waals surface area contributed by atoms with E-state index in [0.717, 1.165) is 0 Å². The molecule has 0 amide bonds. The largest absolute Gasteiger partial charge is 0.321 e. The van der Waals surface area contributed by atoms with Gasteiger partial charge in [-0.2, -0.15) is 0 Å². The first-order chi connectivity index (χ1) is 9.88. The molecule has 1 aromatic heterocycles. The fourth-order valence-electron chi connectivity index (χ4n) is 2.08. The predicted molar refractivity (Wildman–Crippen MR) is 77.8 cm³/mol. The molecule has 21 heavy (non-hydrogen) atoms. The van der Waals surface area contributed by atoms with Crippen LogP contribution in [0.3, 0.4) is 0 Å². The molecule has 2 aromatic rings. The number of nitrogens with zero attached hydrogens (tertiary/aromatic N) is 1. The van der Waals surface area contributed by atoms with Gasteiger partial charge in [0.05, 0.1) is 5.69 Å². The highest BCUT2D eigenvalue weighted by Gasteiger charge is 2.15. The molecular formula is C14H12Cl2F2N2O. The third-order valence-electron chi connectivity index (χ3n) is 3.06. The molecule has 1 heterocycles.